The lowest BCUT2D eigenvalue weighted by atomic mass is 9.85. The first-order chi connectivity index (χ1) is 8.30. The molecule has 1 amide bonds. The van der Waals surface area contributed by atoms with Crippen LogP contribution < -0.4 is 11.1 Å². The molecule has 0 saturated heterocycles. The van der Waals surface area contributed by atoms with Crippen LogP contribution in [0.2, 0.25) is 0 Å². The molecule has 0 aliphatic carbocycles. The minimum Gasteiger partial charge on any atom is -0.350 e. The first-order valence-corrected chi connectivity index (χ1v) is 6.25. The first kappa shape index (κ1) is 14.6. The molecule has 4 nitrogen and oxygen atoms in total. The minimum atomic E-state index is -0.137. The van der Waals surface area contributed by atoms with Crippen molar-refractivity contribution in [2.24, 2.45) is 11.1 Å². The Labute approximate surface area is 109 Å². The summed E-state index contributed by atoms with van der Waals surface area (Å²) in [6, 6.07) is 3.64. The smallest absolute Gasteiger partial charge is 0.222 e. The number of nitrogens with one attached hydrogen (secondary N) is 1. The molecule has 0 aromatic carbocycles. The first-order valence-electron chi connectivity index (χ1n) is 6.25. The Hall–Kier alpha value is -1.42. The van der Waals surface area contributed by atoms with Gasteiger partial charge < -0.3 is 11.1 Å². The fraction of sp³-hybridized carbons (Fsp3) is 0.571. The van der Waals surface area contributed by atoms with E-state index in [9.17, 15) is 4.79 Å². The van der Waals surface area contributed by atoms with Crippen molar-refractivity contribution in [3.05, 3.63) is 30.1 Å². The van der Waals surface area contributed by atoms with Gasteiger partial charge in [-0.25, -0.2) is 0 Å². The second-order valence-electron chi connectivity index (χ2n) is 5.75. The fourth-order valence-electron chi connectivity index (χ4n) is 1.54. The van der Waals surface area contributed by atoms with Gasteiger partial charge in [0.25, 0.3) is 0 Å². The highest BCUT2D eigenvalue weighted by atomic mass is 16.1. The van der Waals surface area contributed by atoms with Crippen LogP contribution >= 0.6 is 0 Å². The van der Waals surface area contributed by atoms with Crippen LogP contribution in [0.5, 0.6) is 0 Å². The molecule has 0 saturated carbocycles. The van der Waals surface area contributed by atoms with Crippen molar-refractivity contribution in [1.82, 2.24) is 10.3 Å². The van der Waals surface area contributed by atoms with Crippen LogP contribution in [0.4, 0.5) is 0 Å². The van der Waals surface area contributed by atoms with E-state index in [2.05, 4.69) is 10.3 Å². The van der Waals surface area contributed by atoms with Gasteiger partial charge in [0.1, 0.15) is 0 Å². The van der Waals surface area contributed by atoms with Crippen molar-refractivity contribution in [1.29, 1.82) is 0 Å². The van der Waals surface area contributed by atoms with Gasteiger partial charge in [-0.2, -0.15) is 0 Å². The number of hydrogen-bond acceptors (Lipinski definition) is 3. The van der Waals surface area contributed by atoms with Gasteiger partial charge in [0.2, 0.25) is 5.91 Å². The summed E-state index contributed by atoms with van der Waals surface area (Å²) in [5.41, 5.74) is 6.98. The van der Waals surface area contributed by atoms with Gasteiger partial charge in [-0.15, -0.1) is 0 Å². The van der Waals surface area contributed by atoms with E-state index in [4.69, 9.17) is 5.73 Å². The second-order valence-corrected chi connectivity index (χ2v) is 5.75. The van der Waals surface area contributed by atoms with Crippen molar-refractivity contribution in [3.8, 4) is 0 Å². The fourth-order valence-corrected chi connectivity index (χ4v) is 1.54. The number of rotatable bonds is 4. The molecule has 0 aliphatic rings. The topological polar surface area (TPSA) is 68.0 Å². The molecule has 1 aromatic rings. The molecule has 3 N–H and O–H groups in total. The van der Waals surface area contributed by atoms with E-state index in [0.29, 0.717) is 6.42 Å². The second kappa shape index (κ2) is 5.96. The van der Waals surface area contributed by atoms with Crippen LogP contribution in [0.25, 0.3) is 0 Å². The number of nitrogens with two attached hydrogens (primary N) is 1. The number of pyridine rings is 1. The van der Waals surface area contributed by atoms with Crippen LogP contribution in [-0.4, -0.2) is 16.9 Å². The predicted octanol–water partition coefficient (Wildman–Crippen LogP) is 2.02. The van der Waals surface area contributed by atoms with Crippen LogP contribution in [0.15, 0.2) is 24.5 Å². The summed E-state index contributed by atoms with van der Waals surface area (Å²) in [4.78, 5) is 15.8. The van der Waals surface area contributed by atoms with Crippen molar-refractivity contribution < 1.29 is 4.79 Å². The van der Waals surface area contributed by atoms with Crippen LogP contribution in [-0.2, 0) is 4.79 Å². The normalized spacial score (nSPS) is 14.9. The third-order valence-electron chi connectivity index (χ3n) is 3.10. The molecule has 0 aliphatic heterocycles. The van der Waals surface area contributed by atoms with Gasteiger partial charge in [-0.05, 0) is 30.0 Å². The zero-order valence-electron chi connectivity index (χ0n) is 11.6. The van der Waals surface area contributed by atoms with Gasteiger partial charge in [-0.1, -0.05) is 20.8 Å². The highest BCUT2D eigenvalue weighted by molar-refractivity contribution is 5.77. The Morgan fingerprint density at radius 1 is 1.39 bits per heavy atom. The van der Waals surface area contributed by atoms with Gasteiger partial charge >= 0.3 is 0 Å². The van der Waals surface area contributed by atoms with E-state index < -0.39 is 0 Å². The third-order valence-corrected chi connectivity index (χ3v) is 3.10. The van der Waals surface area contributed by atoms with Gasteiger partial charge in [0, 0.05) is 24.9 Å². The molecule has 18 heavy (non-hydrogen) atoms. The molecule has 1 rings (SSSR count). The zero-order chi connectivity index (χ0) is 13.8. The van der Waals surface area contributed by atoms with Crippen LogP contribution in [0.3, 0.4) is 0 Å². The van der Waals surface area contributed by atoms with Crippen molar-refractivity contribution in [2.75, 3.05) is 0 Å². The number of carbonyl (C=O) groups is 1. The van der Waals surface area contributed by atoms with Crippen molar-refractivity contribution >= 4 is 5.91 Å². The Morgan fingerprint density at radius 2 is 1.94 bits per heavy atom. The molecule has 1 unspecified atom stereocenters. The average Bonchev–Trinajstić information content (AvgIpc) is 2.28. The molecule has 0 radical (unpaired) electrons. The van der Waals surface area contributed by atoms with Crippen molar-refractivity contribution in [2.45, 2.75) is 46.2 Å². The number of aromatic nitrogens is 1. The summed E-state index contributed by atoms with van der Waals surface area (Å²) < 4.78 is 0. The monoisotopic (exact) mass is 249 g/mol. The Bertz CT molecular complexity index is 384. The Balaban J connectivity index is 2.51. The Morgan fingerprint density at radius 3 is 2.44 bits per heavy atom. The van der Waals surface area contributed by atoms with E-state index in [0.717, 1.165) is 5.56 Å². The maximum Gasteiger partial charge on any atom is 0.222 e. The van der Waals surface area contributed by atoms with E-state index >= 15 is 0 Å². The number of amides is 1. The molecular weight excluding hydrogens is 226 g/mol. The maximum atomic E-state index is 11.9. The average molecular weight is 249 g/mol. The summed E-state index contributed by atoms with van der Waals surface area (Å²) in [5.74, 6) is -0.0123. The summed E-state index contributed by atoms with van der Waals surface area (Å²) in [7, 11) is 0. The van der Waals surface area contributed by atoms with E-state index in [1.165, 1.54) is 0 Å². The van der Waals surface area contributed by atoms with E-state index in [1.807, 2.05) is 39.8 Å². The van der Waals surface area contributed by atoms with Gasteiger partial charge in [0.15, 0.2) is 0 Å². The lowest BCUT2D eigenvalue weighted by Crippen LogP contribution is -2.40. The highest BCUT2D eigenvalue weighted by Crippen LogP contribution is 2.20. The van der Waals surface area contributed by atoms with Crippen molar-refractivity contribution in [3.63, 3.8) is 0 Å². The quantitative estimate of drug-likeness (QED) is 0.858. The largest absolute Gasteiger partial charge is 0.350 e. The highest BCUT2D eigenvalue weighted by Gasteiger charge is 2.23. The summed E-state index contributed by atoms with van der Waals surface area (Å²) in [5, 5.41) is 2.95. The predicted molar refractivity (Wildman–Crippen MR) is 72.8 cm³/mol. The molecule has 1 aromatic heterocycles. The summed E-state index contributed by atoms with van der Waals surface area (Å²) >= 11 is 0. The maximum absolute atomic E-state index is 11.9. The molecule has 2 atom stereocenters. The van der Waals surface area contributed by atoms with E-state index in [-0.39, 0.29) is 23.4 Å². The minimum absolute atomic E-state index is 0.0123. The molecule has 4 heteroatoms. The molecule has 0 fully saturated rings. The molecule has 0 bridgehead atoms. The Kier molecular flexibility index (Phi) is 4.84. The molecule has 100 valence electrons. The lowest BCUT2D eigenvalue weighted by Gasteiger charge is -2.27. The SMILES string of the molecule is C[C@@H](NC(=O)CC(N)C(C)(C)C)c1ccncc1. The summed E-state index contributed by atoms with van der Waals surface area (Å²) in [6.07, 6.45) is 3.79. The van der Waals surface area contributed by atoms with Crippen LogP contribution in [0, 0.1) is 5.41 Å². The number of hydrogen-bond donors (Lipinski definition) is 2. The lowest BCUT2D eigenvalue weighted by molar-refractivity contribution is -0.122. The third kappa shape index (κ3) is 4.45. The van der Waals surface area contributed by atoms with E-state index in [1.54, 1.807) is 12.4 Å². The number of carbonyl (C=O) groups excluding carboxylic acids is 1. The standard InChI is InChI=1S/C14H23N3O/c1-10(11-5-7-16-8-6-11)17-13(18)9-12(15)14(2,3)4/h5-8,10,12H,9,15H2,1-4H3,(H,17,18)/t10-,12?/m1/s1. The summed E-state index contributed by atoms with van der Waals surface area (Å²) in [6.45, 7) is 8.07. The van der Waals surface area contributed by atoms with Crippen LogP contribution in [0.1, 0.15) is 45.7 Å². The molecule has 0 spiro atoms. The number of nitrogens with zero attached hydrogens (tertiary/aromatic N) is 1. The van der Waals surface area contributed by atoms with Gasteiger partial charge in [-0.3, -0.25) is 9.78 Å². The molecule has 1 heterocycles. The molecular formula is C14H23N3O. The zero-order valence-corrected chi connectivity index (χ0v) is 11.6. The van der Waals surface area contributed by atoms with Gasteiger partial charge in [0.05, 0.1) is 6.04 Å².